The highest BCUT2D eigenvalue weighted by Gasteiger charge is 2.09. The lowest BCUT2D eigenvalue weighted by atomic mass is 10.2. The fourth-order valence-corrected chi connectivity index (χ4v) is 2.46. The lowest BCUT2D eigenvalue weighted by Crippen LogP contribution is -2.14. The zero-order chi connectivity index (χ0) is 14.7. The van der Waals surface area contributed by atoms with Crippen LogP contribution in [0.15, 0.2) is 54.0 Å². The Balaban J connectivity index is 1.82. The summed E-state index contributed by atoms with van der Waals surface area (Å²) in [4.78, 5) is 19.8. The number of halogens is 1. The third-order valence-electron chi connectivity index (χ3n) is 2.75. The molecular formula is C15H10FN3OS. The first-order chi connectivity index (χ1) is 10.2. The van der Waals surface area contributed by atoms with E-state index in [2.05, 4.69) is 15.3 Å². The molecule has 0 spiro atoms. The van der Waals surface area contributed by atoms with E-state index >= 15 is 0 Å². The number of thiazole rings is 1. The summed E-state index contributed by atoms with van der Waals surface area (Å²) in [6.07, 6.45) is 1.72. The Labute approximate surface area is 124 Å². The van der Waals surface area contributed by atoms with Crippen molar-refractivity contribution in [3.63, 3.8) is 0 Å². The molecule has 3 aromatic rings. The van der Waals surface area contributed by atoms with E-state index in [0.29, 0.717) is 5.69 Å². The Hall–Kier alpha value is -2.60. The third-order valence-corrected chi connectivity index (χ3v) is 3.57. The van der Waals surface area contributed by atoms with E-state index in [1.165, 1.54) is 29.5 Å². The van der Waals surface area contributed by atoms with Crippen LogP contribution in [0.3, 0.4) is 0 Å². The molecular weight excluding hydrogens is 289 g/mol. The number of anilines is 1. The Kier molecular flexibility index (Phi) is 3.70. The van der Waals surface area contributed by atoms with Crippen LogP contribution in [0.25, 0.3) is 10.6 Å². The van der Waals surface area contributed by atoms with E-state index in [-0.39, 0.29) is 5.69 Å². The second-order valence-corrected chi connectivity index (χ2v) is 5.11. The molecule has 0 aliphatic carbocycles. The predicted molar refractivity (Wildman–Crippen MR) is 79.7 cm³/mol. The van der Waals surface area contributed by atoms with Crippen LogP contribution in [0.1, 0.15) is 10.5 Å². The zero-order valence-corrected chi connectivity index (χ0v) is 11.6. The SMILES string of the molecule is O=C(Nc1cccc(-c2nccs2)c1)c1cccc(F)n1. The summed E-state index contributed by atoms with van der Waals surface area (Å²) in [6.45, 7) is 0. The second kappa shape index (κ2) is 5.80. The summed E-state index contributed by atoms with van der Waals surface area (Å²) in [5.74, 6) is -1.13. The van der Waals surface area contributed by atoms with Crippen LogP contribution >= 0.6 is 11.3 Å². The van der Waals surface area contributed by atoms with Crippen LogP contribution in [-0.4, -0.2) is 15.9 Å². The van der Waals surface area contributed by atoms with Crippen LogP contribution in [0.5, 0.6) is 0 Å². The number of nitrogens with one attached hydrogen (secondary N) is 1. The van der Waals surface area contributed by atoms with Crippen LogP contribution in [0.2, 0.25) is 0 Å². The molecule has 21 heavy (non-hydrogen) atoms. The second-order valence-electron chi connectivity index (χ2n) is 4.22. The molecule has 4 nitrogen and oxygen atoms in total. The highest BCUT2D eigenvalue weighted by Crippen LogP contribution is 2.24. The number of aromatic nitrogens is 2. The number of amides is 1. The first-order valence-electron chi connectivity index (χ1n) is 6.16. The number of hydrogen-bond donors (Lipinski definition) is 1. The lowest BCUT2D eigenvalue weighted by Gasteiger charge is -2.06. The topological polar surface area (TPSA) is 54.9 Å². The molecule has 0 fully saturated rings. The van der Waals surface area contributed by atoms with E-state index in [4.69, 9.17) is 0 Å². The lowest BCUT2D eigenvalue weighted by molar-refractivity contribution is 0.102. The van der Waals surface area contributed by atoms with E-state index in [9.17, 15) is 9.18 Å². The molecule has 0 saturated carbocycles. The van der Waals surface area contributed by atoms with Gasteiger partial charge in [-0.05, 0) is 24.3 Å². The molecule has 1 aromatic carbocycles. The monoisotopic (exact) mass is 299 g/mol. The van der Waals surface area contributed by atoms with Crippen LogP contribution in [0.4, 0.5) is 10.1 Å². The smallest absolute Gasteiger partial charge is 0.274 e. The molecule has 0 aliphatic rings. The van der Waals surface area contributed by atoms with E-state index in [1.807, 2.05) is 23.6 Å². The maximum Gasteiger partial charge on any atom is 0.274 e. The molecule has 2 heterocycles. The van der Waals surface area contributed by atoms with Gasteiger partial charge in [0.25, 0.3) is 5.91 Å². The van der Waals surface area contributed by atoms with Crippen molar-refractivity contribution in [2.45, 2.75) is 0 Å². The normalized spacial score (nSPS) is 10.3. The minimum atomic E-state index is -0.681. The van der Waals surface area contributed by atoms with Gasteiger partial charge in [-0.2, -0.15) is 4.39 Å². The fraction of sp³-hybridized carbons (Fsp3) is 0. The maximum atomic E-state index is 13.0. The highest BCUT2D eigenvalue weighted by atomic mass is 32.1. The van der Waals surface area contributed by atoms with Gasteiger partial charge >= 0.3 is 0 Å². The summed E-state index contributed by atoms with van der Waals surface area (Å²) in [5, 5.41) is 5.45. The summed E-state index contributed by atoms with van der Waals surface area (Å²) >= 11 is 1.52. The predicted octanol–water partition coefficient (Wildman–Crippen LogP) is 3.60. The van der Waals surface area contributed by atoms with Gasteiger partial charge in [-0.15, -0.1) is 11.3 Å². The van der Waals surface area contributed by atoms with Crippen molar-refractivity contribution in [3.8, 4) is 10.6 Å². The minimum Gasteiger partial charge on any atom is -0.321 e. The number of pyridine rings is 1. The summed E-state index contributed by atoms with van der Waals surface area (Å²) in [6, 6.07) is 11.4. The van der Waals surface area contributed by atoms with Crippen molar-refractivity contribution in [2.24, 2.45) is 0 Å². The average molecular weight is 299 g/mol. The van der Waals surface area contributed by atoms with Gasteiger partial charge in [0.15, 0.2) is 0 Å². The largest absolute Gasteiger partial charge is 0.321 e. The van der Waals surface area contributed by atoms with E-state index < -0.39 is 11.9 Å². The first kappa shape index (κ1) is 13.4. The number of nitrogens with zero attached hydrogens (tertiary/aromatic N) is 2. The zero-order valence-electron chi connectivity index (χ0n) is 10.8. The van der Waals surface area contributed by atoms with E-state index in [0.717, 1.165) is 10.6 Å². The van der Waals surface area contributed by atoms with Gasteiger partial charge in [0.2, 0.25) is 5.95 Å². The molecule has 1 amide bonds. The number of benzene rings is 1. The van der Waals surface area contributed by atoms with Crippen molar-refractivity contribution < 1.29 is 9.18 Å². The summed E-state index contributed by atoms with van der Waals surface area (Å²) in [5.41, 5.74) is 1.56. The van der Waals surface area contributed by atoms with Gasteiger partial charge in [-0.3, -0.25) is 4.79 Å². The van der Waals surface area contributed by atoms with Crippen LogP contribution < -0.4 is 5.32 Å². The van der Waals surface area contributed by atoms with Crippen LogP contribution in [-0.2, 0) is 0 Å². The molecule has 0 bridgehead atoms. The quantitative estimate of drug-likeness (QED) is 0.752. The molecule has 1 N–H and O–H groups in total. The molecule has 6 heteroatoms. The molecule has 0 saturated heterocycles. The van der Waals surface area contributed by atoms with Crippen molar-refractivity contribution in [3.05, 3.63) is 65.7 Å². The number of carbonyl (C=O) groups is 1. The standard InChI is InChI=1S/C15H10FN3OS/c16-13-6-2-5-12(19-13)14(20)18-11-4-1-3-10(9-11)15-17-7-8-21-15/h1-9H,(H,18,20). The third kappa shape index (κ3) is 3.11. The number of hydrogen-bond acceptors (Lipinski definition) is 4. The number of carbonyl (C=O) groups excluding carboxylic acids is 1. The Bertz CT molecular complexity index is 774. The maximum absolute atomic E-state index is 13.0. The van der Waals surface area contributed by atoms with Crippen molar-refractivity contribution in [1.82, 2.24) is 9.97 Å². The van der Waals surface area contributed by atoms with Gasteiger partial charge in [-0.1, -0.05) is 18.2 Å². The highest BCUT2D eigenvalue weighted by molar-refractivity contribution is 7.13. The number of rotatable bonds is 3. The summed E-state index contributed by atoms with van der Waals surface area (Å²) in [7, 11) is 0. The minimum absolute atomic E-state index is 0.0367. The fourth-order valence-electron chi connectivity index (χ4n) is 1.83. The van der Waals surface area contributed by atoms with Crippen molar-refractivity contribution in [1.29, 1.82) is 0 Å². The Morgan fingerprint density at radius 3 is 2.81 bits per heavy atom. The van der Waals surface area contributed by atoms with Gasteiger partial charge < -0.3 is 5.32 Å². The van der Waals surface area contributed by atoms with Gasteiger partial charge in [0.1, 0.15) is 10.7 Å². The summed E-state index contributed by atoms with van der Waals surface area (Å²) < 4.78 is 13.0. The molecule has 0 radical (unpaired) electrons. The molecule has 2 aromatic heterocycles. The van der Waals surface area contributed by atoms with Crippen molar-refractivity contribution in [2.75, 3.05) is 5.32 Å². The molecule has 3 rings (SSSR count). The van der Waals surface area contributed by atoms with Crippen LogP contribution in [0, 0.1) is 5.95 Å². The first-order valence-corrected chi connectivity index (χ1v) is 7.04. The molecule has 0 unspecified atom stereocenters. The molecule has 0 atom stereocenters. The van der Waals surface area contributed by atoms with Gasteiger partial charge in [0.05, 0.1) is 0 Å². The molecule has 104 valence electrons. The Morgan fingerprint density at radius 2 is 2.05 bits per heavy atom. The average Bonchev–Trinajstić information content (AvgIpc) is 3.02. The van der Waals surface area contributed by atoms with Gasteiger partial charge in [-0.25, -0.2) is 9.97 Å². The molecule has 0 aliphatic heterocycles. The van der Waals surface area contributed by atoms with Gasteiger partial charge in [0, 0.05) is 22.8 Å². The Morgan fingerprint density at radius 1 is 1.19 bits per heavy atom. The van der Waals surface area contributed by atoms with E-state index in [1.54, 1.807) is 12.3 Å². The van der Waals surface area contributed by atoms with Crippen molar-refractivity contribution >= 4 is 22.9 Å².